The van der Waals surface area contributed by atoms with E-state index in [1.807, 2.05) is 0 Å². The molecular formula is C11H16N2. The molecule has 70 valence electrons. The number of hydrazine groups is 1. The highest BCUT2D eigenvalue weighted by molar-refractivity contribution is 5.31. The Labute approximate surface area is 79.3 Å². The zero-order valence-electron chi connectivity index (χ0n) is 8.22. The fourth-order valence-corrected chi connectivity index (χ4v) is 1.94. The Morgan fingerprint density at radius 1 is 1.00 bits per heavy atom. The van der Waals surface area contributed by atoms with Gasteiger partial charge in [0.2, 0.25) is 0 Å². The molecule has 13 heavy (non-hydrogen) atoms. The maximum absolute atomic E-state index is 3.16. The summed E-state index contributed by atoms with van der Waals surface area (Å²) in [5.74, 6) is 0.638. The standard InChI is InChI=1S/C11H16N2/c1-8-3-9(2)5-10(4-8)11-6-12-13-7-11/h3-5,11-13H,6-7H2,1-2H3. The lowest BCUT2D eigenvalue weighted by Gasteiger charge is -2.09. The summed E-state index contributed by atoms with van der Waals surface area (Å²) in [6, 6.07) is 6.79. The molecule has 2 nitrogen and oxygen atoms in total. The molecular weight excluding hydrogens is 160 g/mol. The lowest BCUT2D eigenvalue weighted by atomic mass is 9.96. The highest BCUT2D eigenvalue weighted by Gasteiger charge is 2.16. The van der Waals surface area contributed by atoms with E-state index in [-0.39, 0.29) is 0 Å². The zero-order chi connectivity index (χ0) is 9.26. The molecule has 0 spiro atoms. The molecule has 1 aromatic rings. The summed E-state index contributed by atoms with van der Waals surface area (Å²) in [5.41, 5.74) is 10.5. The Bertz CT molecular complexity index is 281. The fourth-order valence-electron chi connectivity index (χ4n) is 1.94. The van der Waals surface area contributed by atoms with Crippen LogP contribution in [0, 0.1) is 13.8 Å². The van der Waals surface area contributed by atoms with Gasteiger partial charge in [-0.3, -0.25) is 10.9 Å². The summed E-state index contributed by atoms with van der Waals surface area (Å²) in [7, 11) is 0. The number of nitrogens with one attached hydrogen (secondary N) is 2. The van der Waals surface area contributed by atoms with E-state index in [4.69, 9.17) is 0 Å². The van der Waals surface area contributed by atoms with E-state index >= 15 is 0 Å². The third-order valence-electron chi connectivity index (χ3n) is 2.54. The second kappa shape index (κ2) is 3.48. The molecule has 0 amide bonds. The SMILES string of the molecule is Cc1cc(C)cc(C2CNNC2)c1. The highest BCUT2D eigenvalue weighted by atomic mass is 15.4. The van der Waals surface area contributed by atoms with Gasteiger partial charge in [-0.05, 0) is 19.4 Å². The van der Waals surface area contributed by atoms with E-state index < -0.39 is 0 Å². The molecule has 1 aliphatic rings. The summed E-state index contributed by atoms with van der Waals surface area (Å²) >= 11 is 0. The van der Waals surface area contributed by atoms with Crippen LogP contribution < -0.4 is 10.9 Å². The number of benzene rings is 1. The van der Waals surface area contributed by atoms with Gasteiger partial charge in [0.1, 0.15) is 0 Å². The Balaban J connectivity index is 2.28. The second-order valence-electron chi connectivity index (χ2n) is 3.88. The summed E-state index contributed by atoms with van der Waals surface area (Å²) in [6.07, 6.45) is 0. The first-order chi connectivity index (χ1) is 6.25. The van der Waals surface area contributed by atoms with Crippen LogP contribution in [0.2, 0.25) is 0 Å². The van der Waals surface area contributed by atoms with E-state index in [1.54, 1.807) is 0 Å². The van der Waals surface area contributed by atoms with Crippen LogP contribution in [0.4, 0.5) is 0 Å². The molecule has 0 bridgehead atoms. The van der Waals surface area contributed by atoms with Crippen molar-refractivity contribution in [3.05, 3.63) is 34.9 Å². The van der Waals surface area contributed by atoms with Gasteiger partial charge in [0.25, 0.3) is 0 Å². The van der Waals surface area contributed by atoms with Crippen LogP contribution in [-0.2, 0) is 0 Å². The first kappa shape index (κ1) is 8.73. The van der Waals surface area contributed by atoms with Gasteiger partial charge in [-0.1, -0.05) is 29.3 Å². The first-order valence-electron chi connectivity index (χ1n) is 4.79. The molecule has 2 heteroatoms. The van der Waals surface area contributed by atoms with Gasteiger partial charge in [-0.15, -0.1) is 0 Å². The van der Waals surface area contributed by atoms with Crippen LogP contribution in [0.3, 0.4) is 0 Å². The van der Waals surface area contributed by atoms with Crippen molar-refractivity contribution in [2.45, 2.75) is 19.8 Å². The lowest BCUT2D eigenvalue weighted by molar-refractivity contribution is 0.689. The Hall–Kier alpha value is -0.860. The minimum absolute atomic E-state index is 0.638. The van der Waals surface area contributed by atoms with E-state index in [0.29, 0.717) is 5.92 Å². The maximum atomic E-state index is 3.16. The Morgan fingerprint density at radius 2 is 1.54 bits per heavy atom. The van der Waals surface area contributed by atoms with Crippen molar-refractivity contribution < 1.29 is 0 Å². The minimum Gasteiger partial charge on any atom is -0.257 e. The Morgan fingerprint density at radius 3 is 2.08 bits per heavy atom. The van der Waals surface area contributed by atoms with E-state index in [2.05, 4.69) is 42.9 Å². The van der Waals surface area contributed by atoms with E-state index in [1.165, 1.54) is 16.7 Å². The molecule has 0 radical (unpaired) electrons. The molecule has 1 heterocycles. The summed E-state index contributed by atoms with van der Waals surface area (Å²) in [6.45, 7) is 6.41. The van der Waals surface area contributed by atoms with Gasteiger partial charge in [-0.25, -0.2) is 0 Å². The van der Waals surface area contributed by atoms with Gasteiger partial charge in [0.15, 0.2) is 0 Å². The summed E-state index contributed by atoms with van der Waals surface area (Å²) in [5, 5.41) is 0. The number of hydrogen-bond donors (Lipinski definition) is 2. The molecule has 0 unspecified atom stereocenters. The number of hydrogen-bond acceptors (Lipinski definition) is 2. The van der Waals surface area contributed by atoms with Crippen molar-refractivity contribution in [3.8, 4) is 0 Å². The molecule has 1 saturated heterocycles. The highest BCUT2D eigenvalue weighted by Crippen LogP contribution is 2.19. The van der Waals surface area contributed by atoms with Gasteiger partial charge in [0.05, 0.1) is 0 Å². The predicted octanol–water partition coefficient (Wildman–Crippen LogP) is 1.49. The van der Waals surface area contributed by atoms with Crippen LogP contribution in [-0.4, -0.2) is 13.1 Å². The Kier molecular flexibility index (Phi) is 2.34. The fraction of sp³-hybridized carbons (Fsp3) is 0.455. The molecule has 0 saturated carbocycles. The molecule has 0 aliphatic carbocycles. The average molecular weight is 176 g/mol. The molecule has 0 atom stereocenters. The van der Waals surface area contributed by atoms with Crippen LogP contribution >= 0.6 is 0 Å². The van der Waals surface area contributed by atoms with Crippen molar-refractivity contribution in [1.82, 2.24) is 10.9 Å². The molecule has 1 fully saturated rings. The molecule has 0 aromatic heterocycles. The second-order valence-corrected chi connectivity index (χ2v) is 3.88. The van der Waals surface area contributed by atoms with Crippen LogP contribution in [0.1, 0.15) is 22.6 Å². The summed E-state index contributed by atoms with van der Waals surface area (Å²) < 4.78 is 0. The molecule has 1 aliphatic heterocycles. The van der Waals surface area contributed by atoms with Gasteiger partial charge in [0, 0.05) is 19.0 Å². The van der Waals surface area contributed by atoms with Gasteiger partial charge in [-0.2, -0.15) is 0 Å². The van der Waals surface area contributed by atoms with Crippen molar-refractivity contribution in [2.24, 2.45) is 0 Å². The lowest BCUT2D eigenvalue weighted by Crippen LogP contribution is -2.21. The first-order valence-corrected chi connectivity index (χ1v) is 4.79. The number of aryl methyl sites for hydroxylation is 2. The van der Waals surface area contributed by atoms with Crippen molar-refractivity contribution in [1.29, 1.82) is 0 Å². The quantitative estimate of drug-likeness (QED) is 0.677. The summed E-state index contributed by atoms with van der Waals surface area (Å²) in [4.78, 5) is 0. The molecule has 2 rings (SSSR count). The normalized spacial score (nSPS) is 18.0. The zero-order valence-corrected chi connectivity index (χ0v) is 8.22. The van der Waals surface area contributed by atoms with E-state index in [0.717, 1.165) is 13.1 Å². The predicted molar refractivity (Wildman–Crippen MR) is 54.7 cm³/mol. The van der Waals surface area contributed by atoms with E-state index in [9.17, 15) is 0 Å². The third kappa shape index (κ3) is 1.90. The smallest absolute Gasteiger partial charge is 0.0181 e. The van der Waals surface area contributed by atoms with Gasteiger partial charge < -0.3 is 0 Å². The maximum Gasteiger partial charge on any atom is 0.0181 e. The van der Waals surface area contributed by atoms with Crippen LogP contribution in [0.15, 0.2) is 18.2 Å². The van der Waals surface area contributed by atoms with Crippen LogP contribution in [0.5, 0.6) is 0 Å². The average Bonchev–Trinajstić information content (AvgIpc) is 2.53. The number of rotatable bonds is 1. The minimum atomic E-state index is 0.638. The largest absolute Gasteiger partial charge is 0.257 e. The molecule has 2 N–H and O–H groups in total. The van der Waals surface area contributed by atoms with Crippen molar-refractivity contribution in [2.75, 3.05) is 13.1 Å². The monoisotopic (exact) mass is 176 g/mol. The third-order valence-corrected chi connectivity index (χ3v) is 2.54. The van der Waals surface area contributed by atoms with Crippen molar-refractivity contribution >= 4 is 0 Å². The van der Waals surface area contributed by atoms with Crippen LogP contribution in [0.25, 0.3) is 0 Å². The van der Waals surface area contributed by atoms with Gasteiger partial charge >= 0.3 is 0 Å². The molecule has 1 aromatic carbocycles. The topological polar surface area (TPSA) is 24.1 Å². The van der Waals surface area contributed by atoms with Crippen molar-refractivity contribution in [3.63, 3.8) is 0 Å².